The van der Waals surface area contributed by atoms with Crippen LogP contribution in [0.2, 0.25) is 0 Å². The lowest BCUT2D eigenvalue weighted by Gasteiger charge is -2.30. The summed E-state index contributed by atoms with van der Waals surface area (Å²) >= 11 is 0. The summed E-state index contributed by atoms with van der Waals surface area (Å²) in [4.78, 5) is 15.0. The third-order valence-corrected chi connectivity index (χ3v) is 3.51. The predicted molar refractivity (Wildman–Crippen MR) is 73.0 cm³/mol. The molecule has 0 unspecified atom stereocenters. The fourth-order valence-electron chi connectivity index (χ4n) is 2.29. The van der Waals surface area contributed by atoms with Crippen LogP contribution < -0.4 is 5.32 Å². The number of halogens is 2. The number of hydrogen-bond acceptors (Lipinski definition) is 3. The highest BCUT2D eigenvalue weighted by Crippen LogP contribution is 2.46. The Morgan fingerprint density at radius 2 is 1.75 bits per heavy atom. The van der Waals surface area contributed by atoms with E-state index in [-0.39, 0.29) is 18.2 Å². The summed E-state index contributed by atoms with van der Waals surface area (Å²) < 4.78 is 29.1. The molecule has 0 amide bonds. The van der Waals surface area contributed by atoms with E-state index in [4.69, 9.17) is 0 Å². The monoisotopic (exact) mass is 274 g/mol. The number of aliphatic imine (C=N–C) groups is 1. The van der Waals surface area contributed by atoms with Crippen molar-refractivity contribution in [1.82, 2.24) is 0 Å². The fourth-order valence-corrected chi connectivity index (χ4v) is 2.29. The van der Waals surface area contributed by atoms with Gasteiger partial charge in [-0.15, -0.1) is 0 Å². The Morgan fingerprint density at radius 3 is 2.40 bits per heavy atom. The SMILES string of the molecule is O=C1C=CC2(C=C1)CN=C(Nc1ccccc1)C2(F)F. The molecule has 0 saturated heterocycles. The number of ketones is 1. The average Bonchev–Trinajstić information content (AvgIpc) is 2.68. The molecule has 3 nitrogen and oxygen atoms in total. The van der Waals surface area contributed by atoms with Crippen LogP contribution in [0.25, 0.3) is 0 Å². The van der Waals surface area contributed by atoms with Crippen molar-refractivity contribution in [3.05, 3.63) is 54.6 Å². The van der Waals surface area contributed by atoms with Gasteiger partial charge in [0.05, 0.1) is 12.0 Å². The van der Waals surface area contributed by atoms with Gasteiger partial charge in [0.15, 0.2) is 11.6 Å². The number of allylic oxidation sites excluding steroid dienone is 2. The van der Waals surface area contributed by atoms with E-state index >= 15 is 0 Å². The molecule has 0 atom stereocenters. The van der Waals surface area contributed by atoms with Crippen molar-refractivity contribution in [2.75, 3.05) is 11.9 Å². The topological polar surface area (TPSA) is 41.5 Å². The Morgan fingerprint density at radius 1 is 1.10 bits per heavy atom. The third kappa shape index (κ3) is 1.86. The zero-order valence-electron chi connectivity index (χ0n) is 10.5. The Labute approximate surface area is 114 Å². The summed E-state index contributed by atoms with van der Waals surface area (Å²) in [5.41, 5.74) is -0.972. The number of carbonyl (C=O) groups excluding carboxylic acids is 1. The van der Waals surface area contributed by atoms with Crippen LogP contribution in [0.3, 0.4) is 0 Å². The summed E-state index contributed by atoms with van der Waals surface area (Å²) in [7, 11) is 0. The molecule has 5 heteroatoms. The molecule has 1 aromatic carbocycles. The van der Waals surface area contributed by atoms with Crippen LogP contribution in [0.4, 0.5) is 14.5 Å². The van der Waals surface area contributed by atoms with Crippen LogP contribution >= 0.6 is 0 Å². The number of hydrogen-bond donors (Lipinski definition) is 1. The molecule has 1 aliphatic heterocycles. The van der Waals surface area contributed by atoms with E-state index < -0.39 is 11.3 Å². The fraction of sp³-hybridized carbons (Fsp3) is 0.200. The van der Waals surface area contributed by atoms with E-state index in [1.807, 2.05) is 0 Å². The van der Waals surface area contributed by atoms with Gasteiger partial charge < -0.3 is 5.32 Å². The normalized spacial score (nSPS) is 22.1. The first kappa shape index (κ1) is 12.7. The van der Waals surface area contributed by atoms with Gasteiger partial charge in [0, 0.05) is 5.69 Å². The highest BCUT2D eigenvalue weighted by atomic mass is 19.3. The van der Waals surface area contributed by atoms with Crippen molar-refractivity contribution in [2.45, 2.75) is 5.92 Å². The van der Waals surface area contributed by atoms with Gasteiger partial charge in [-0.25, -0.2) is 0 Å². The minimum absolute atomic E-state index is 0.0740. The second kappa shape index (κ2) is 4.37. The molecule has 20 heavy (non-hydrogen) atoms. The van der Waals surface area contributed by atoms with Crippen molar-refractivity contribution in [2.24, 2.45) is 10.4 Å². The largest absolute Gasteiger partial charge is 0.339 e. The van der Waals surface area contributed by atoms with Crippen LogP contribution in [0.15, 0.2) is 59.6 Å². The standard InChI is InChI=1S/C15H12F2N2O/c16-15(17)13(19-11-4-2-1-3-5-11)18-10-14(15)8-6-12(20)7-9-14/h1-9H,10H2,(H,18,19). The number of nitrogens with one attached hydrogen (secondary N) is 1. The van der Waals surface area contributed by atoms with Crippen LogP contribution in [0, 0.1) is 5.41 Å². The molecular formula is C15H12F2N2O. The molecule has 0 fully saturated rings. The summed E-state index contributed by atoms with van der Waals surface area (Å²) in [6, 6.07) is 8.70. The minimum Gasteiger partial charge on any atom is -0.339 e. The van der Waals surface area contributed by atoms with E-state index in [1.165, 1.54) is 24.3 Å². The molecule has 3 rings (SSSR count). The molecule has 0 aromatic heterocycles. The zero-order chi connectivity index (χ0) is 14.2. The first-order valence-corrected chi connectivity index (χ1v) is 6.21. The average molecular weight is 274 g/mol. The van der Waals surface area contributed by atoms with Gasteiger partial charge in [0.1, 0.15) is 0 Å². The Balaban J connectivity index is 1.88. The molecule has 1 aliphatic carbocycles. The lowest BCUT2D eigenvalue weighted by Crippen LogP contribution is -2.45. The van der Waals surface area contributed by atoms with Crippen LogP contribution in [0.5, 0.6) is 0 Å². The second-order valence-corrected chi connectivity index (χ2v) is 4.84. The summed E-state index contributed by atoms with van der Waals surface area (Å²) in [5.74, 6) is -3.82. The molecule has 1 aromatic rings. The molecule has 1 N–H and O–H groups in total. The van der Waals surface area contributed by atoms with Crippen LogP contribution in [-0.2, 0) is 4.79 Å². The molecule has 1 heterocycles. The maximum Gasteiger partial charge on any atom is 0.318 e. The van der Waals surface area contributed by atoms with Crippen molar-refractivity contribution < 1.29 is 13.6 Å². The van der Waals surface area contributed by atoms with E-state index in [0.29, 0.717) is 5.69 Å². The first-order chi connectivity index (χ1) is 9.53. The van der Waals surface area contributed by atoms with Gasteiger partial charge >= 0.3 is 5.92 Å². The molecule has 0 bridgehead atoms. The minimum atomic E-state index is -3.17. The number of para-hydroxylation sites is 1. The summed E-state index contributed by atoms with van der Waals surface area (Å²) in [6.45, 7) is -0.0740. The first-order valence-electron chi connectivity index (χ1n) is 6.21. The van der Waals surface area contributed by atoms with E-state index in [9.17, 15) is 13.6 Å². The van der Waals surface area contributed by atoms with Crippen LogP contribution in [0.1, 0.15) is 0 Å². The van der Waals surface area contributed by atoms with Gasteiger partial charge in [-0.3, -0.25) is 9.79 Å². The van der Waals surface area contributed by atoms with Gasteiger partial charge in [-0.2, -0.15) is 8.78 Å². The summed E-state index contributed by atoms with van der Waals surface area (Å²) in [5, 5.41) is 2.66. The predicted octanol–water partition coefficient (Wildman–Crippen LogP) is 2.83. The Hall–Kier alpha value is -2.30. The third-order valence-electron chi connectivity index (χ3n) is 3.51. The van der Waals surface area contributed by atoms with Crippen molar-refractivity contribution in [3.63, 3.8) is 0 Å². The highest BCUT2D eigenvalue weighted by Gasteiger charge is 2.58. The summed E-state index contributed by atoms with van der Waals surface area (Å²) in [6.07, 6.45) is 4.85. The zero-order valence-corrected chi connectivity index (χ0v) is 10.5. The van der Waals surface area contributed by atoms with Gasteiger partial charge in [-0.05, 0) is 24.3 Å². The van der Waals surface area contributed by atoms with Gasteiger partial charge in [0.2, 0.25) is 0 Å². The Bertz CT molecular complexity index is 617. The number of nitrogens with zero attached hydrogens (tertiary/aromatic N) is 1. The van der Waals surface area contributed by atoms with Gasteiger partial charge in [-0.1, -0.05) is 30.4 Å². The molecule has 1 spiro atoms. The number of carbonyl (C=O) groups is 1. The maximum atomic E-state index is 14.6. The van der Waals surface area contributed by atoms with Crippen molar-refractivity contribution in [1.29, 1.82) is 0 Å². The number of anilines is 1. The molecule has 0 radical (unpaired) electrons. The van der Waals surface area contributed by atoms with Gasteiger partial charge in [0.25, 0.3) is 0 Å². The number of benzene rings is 1. The highest BCUT2D eigenvalue weighted by molar-refractivity contribution is 6.05. The van der Waals surface area contributed by atoms with E-state index in [1.54, 1.807) is 30.3 Å². The molecule has 0 saturated carbocycles. The van der Waals surface area contributed by atoms with Crippen molar-refractivity contribution in [3.8, 4) is 0 Å². The number of amidine groups is 1. The molecule has 102 valence electrons. The lowest BCUT2D eigenvalue weighted by atomic mass is 9.79. The number of alkyl halides is 2. The lowest BCUT2D eigenvalue weighted by molar-refractivity contribution is -0.110. The van der Waals surface area contributed by atoms with Crippen LogP contribution in [-0.4, -0.2) is 24.1 Å². The van der Waals surface area contributed by atoms with E-state index in [0.717, 1.165) is 0 Å². The quantitative estimate of drug-likeness (QED) is 0.855. The smallest absolute Gasteiger partial charge is 0.318 e. The van der Waals surface area contributed by atoms with E-state index in [2.05, 4.69) is 10.3 Å². The maximum absolute atomic E-state index is 14.6. The van der Waals surface area contributed by atoms with Crippen molar-refractivity contribution >= 4 is 17.3 Å². The molecular weight excluding hydrogens is 262 g/mol. The Kier molecular flexibility index (Phi) is 2.78. The second-order valence-electron chi connectivity index (χ2n) is 4.84. The number of rotatable bonds is 1. The molecule has 2 aliphatic rings.